The van der Waals surface area contributed by atoms with Crippen molar-refractivity contribution in [2.75, 3.05) is 25.1 Å². The molecule has 1 unspecified atom stereocenters. The molecule has 100 valence electrons. The number of Topliss-reactive ketones (excluding diaryl/α,β-unsaturated/α-hetero) is 1. The highest BCUT2D eigenvalue weighted by Gasteiger charge is 2.23. The van der Waals surface area contributed by atoms with E-state index in [4.69, 9.17) is 0 Å². The molecule has 0 radical (unpaired) electrons. The van der Waals surface area contributed by atoms with Crippen LogP contribution in [-0.2, 0) is 14.6 Å². The van der Waals surface area contributed by atoms with Crippen molar-refractivity contribution in [3.63, 3.8) is 0 Å². The molecule has 1 fully saturated rings. The summed E-state index contributed by atoms with van der Waals surface area (Å²) in [6.07, 6.45) is 5.97. The summed E-state index contributed by atoms with van der Waals surface area (Å²) in [4.78, 5) is 13.5. The quantitative estimate of drug-likeness (QED) is 0.722. The summed E-state index contributed by atoms with van der Waals surface area (Å²) < 4.78 is 22.1. The first kappa shape index (κ1) is 14.6. The Bertz CT molecular complexity index is 351. The summed E-state index contributed by atoms with van der Waals surface area (Å²) in [5, 5.41) is 0. The molecule has 1 heterocycles. The number of carbonyl (C=O) groups is 1. The number of hydrogen-bond acceptors (Lipinski definition) is 4. The number of nitrogens with zero attached hydrogens (tertiary/aromatic N) is 1. The number of likely N-dealkylation sites (tertiary alicyclic amines) is 1. The van der Waals surface area contributed by atoms with Crippen molar-refractivity contribution in [3.05, 3.63) is 0 Å². The maximum atomic E-state index is 11.2. The molecule has 0 spiro atoms. The van der Waals surface area contributed by atoms with Crippen molar-refractivity contribution >= 4 is 15.6 Å². The van der Waals surface area contributed by atoms with Crippen molar-refractivity contribution < 1.29 is 13.2 Å². The Balaban J connectivity index is 2.40. The fourth-order valence-corrected chi connectivity index (χ4v) is 3.10. The topological polar surface area (TPSA) is 54.5 Å². The van der Waals surface area contributed by atoms with Crippen LogP contribution in [0.15, 0.2) is 0 Å². The number of piperidine rings is 1. The molecule has 0 bridgehead atoms. The second-order valence-electron chi connectivity index (χ2n) is 5.08. The average molecular weight is 261 g/mol. The van der Waals surface area contributed by atoms with Crippen molar-refractivity contribution in [3.8, 4) is 0 Å². The molecule has 1 saturated heterocycles. The van der Waals surface area contributed by atoms with E-state index in [0.717, 1.165) is 25.9 Å². The minimum absolute atomic E-state index is 0.227. The van der Waals surface area contributed by atoms with Crippen LogP contribution in [0, 0.1) is 0 Å². The Labute approximate surface area is 104 Å². The predicted octanol–water partition coefficient (Wildman–Crippen LogP) is 1.25. The number of ketones is 1. The Morgan fingerprint density at radius 3 is 2.65 bits per heavy atom. The van der Waals surface area contributed by atoms with E-state index in [0.29, 0.717) is 18.9 Å². The predicted molar refractivity (Wildman–Crippen MR) is 68.8 cm³/mol. The Kier molecular flexibility index (Phi) is 5.59. The first-order valence-electron chi connectivity index (χ1n) is 6.30. The van der Waals surface area contributed by atoms with E-state index < -0.39 is 9.84 Å². The summed E-state index contributed by atoms with van der Waals surface area (Å²) in [6.45, 7) is 3.43. The van der Waals surface area contributed by atoms with Gasteiger partial charge in [0.2, 0.25) is 0 Å². The van der Waals surface area contributed by atoms with E-state index in [1.54, 1.807) is 6.92 Å². The van der Waals surface area contributed by atoms with Crippen LogP contribution in [-0.4, -0.2) is 50.2 Å². The molecule has 1 rings (SSSR count). The molecular weight excluding hydrogens is 238 g/mol. The molecule has 0 aromatic carbocycles. The summed E-state index contributed by atoms with van der Waals surface area (Å²) in [7, 11) is -2.86. The van der Waals surface area contributed by atoms with Crippen LogP contribution >= 0.6 is 0 Å². The normalized spacial score (nSPS) is 22.6. The van der Waals surface area contributed by atoms with Crippen LogP contribution in [0.1, 0.15) is 39.0 Å². The second-order valence-corrected chi connectivity index (χ2v) is 7.33. The van der Waals surface area contributed by atoms with Gasteiger partial charge < -0.3 is 0 Å². The first-order chi connectivity index (χ1) is 7.88. The SMILES string of the molecule is CC(=O)CC1CCCCN1CCCS(C)(=O)=O. The summed E-state index contributed by atoms with van der Waals surface area (Å²) in [5.74, 6) is 0.473. The molecule has 0 saturated carbocycles. The molecule has 5 heteroatoms. The molecule has 0 N–H and O–H groups in total. The number of rotatable bonds is 6. The molecule has 0 aliphatic carbocycles. The van der Waals surface area contributed by atoms with Gasteiger partial charge in [-0.2, -0.15) is 0 Å². The van der Waals surface area contributed by atoms with Gasteiger partial charge in [-0.3, -0.25) is 9.69 Å². The van der Waals surface area contributed by atoms with Gasteiger partial charge in [0.25, 0.3) is 0 Å². The highest BCUT2D eigenvalue weighted by atomic mass is 32.2. The van der Waals surface area contributed by atoms with E-state index >= 15 is 0 Å². The van der Waals surface area contributed by atoms with E-state index in [2.05, 4.69) is 4.90 Å². The lowest BCUT2D eigenvalue weighted by Crippen LogP contribution is -2.41. The van der Waals surface area contributed by atoms with Gasteiger partial charge in [0.05, 0.1) is 5.75 Å². The molecule has 0 aromatic heterocycles. The van der Waals surface area contributed by atoms with Gasteiger partial charge in [-0.15, -0.1) is 0 Å². The Morgan fingerprint density at radius 2 is 2.06 bits per heavy atom. The van der Waals surface area contributed by atoms with Crippen LogP contribution in [0.3, 0.4) is 0 Å². The van der Waals surface area contributed by atoms with Crippen LogP contribution in [0.5, 0.6) is 0 Å². The van der Waals surface area contributed by atoms with Gasteiger partial charge in [0, 0.05) is 18.7 Å². The monoisotopic (exact) mass is 261 g/mol. The smallest absolute Gasteiger partial charge is 0.147 e. The van der Waals surface area contributed by atoms with Gasteiger partial charge in [-0.05, 0) is 39.3 Å². The summed E-state index contributed by atoms with van der Waals surface area (Å²) in [6, 6.07) is 0.334. The largest absolute Gasteiger partial charge is 0.300 e. The molecule has 1 aliphatic rings. The fourth-order valence-electron chi connectivity index (χ4n) is 2.45. The lowest BCUT2D eigenvalue weighted by atomic mass is 9.98. The molecule has 1 aliphatic heterocycles. The third-order valence-electron chi connectivity index (χ3n) is 3.23. The lowest BCUT2D eigenvalue weighted by molar-refractivity contribution is -0.118. The highest BCUT2D eigenvalue weighted by molar-refractivity contribution is 7.90. The zero-order valence-electron chi connectivity index (χ0n) is 10.8. The van der Waals surface area contributed by atoms with E-state index in [9.17, 15) is 13.2 Å². The lowest BCUT2D eigenvalue weighted by Gasteiger charge is -2.35. The van der Waals surface area contributed by atoms with Crippen LogP contribution in [0.2, 0.25) is 0 Å². The Morgan fingerprint density at radius 1 is 1.35 bits per heavy atom. The van der Waals surface area contributed by atoms with Gasteiger partial charge in [-0.25, -0.2) is 8.42 Å². The minimum atomic E-state index is -2.86. The van der Waals surface area contributed by atoms with E-state index in [1.807, 2.05) is 0 Å². The molecule has 0 amide bonds. The van der Waals surface area contributed by atoms with Crippen LogP contribution in [0.4, 0.5) is 0 Å². The van der Waals surface area contributed by atoms with E-state index in [-0.39, 0.29) is 11.5 Å². The third kappa shape index (κ3) is 6.17. The fraction of sp³-hybridized carbons (Fsp3) is 0.917. The van der Waals surface area contributed by atoms with Gasteiger partial charge in [-0.1, -0.05) is 6.42 Å². The van der Waals surface area contributed by atoms with Crippen molar-refractivity contribution in [1.82, 2.24) is 4.90 Å². The number of carbonyl (C=O) groups excluding carboxylic acids is 1. The van der Waals surface area contributed by atoms with Gasteiger partial charge >= 0.3 is 0 Å². The molecular formula is C12H23NO3S. The van der Waals surface area contributed by atoms with Crippen LogP contribution < -0.4 is 0 Å². The minimum Gasteiger partial charge on any atom is -0.300 e. The van der Waals surface area contributed by atoms with Crippen LogP contribution in [0.25, 0.3) is 0 Å². The average Bonchev–Trinajstić information content (AvgIpc) is 2.18. The number of sulfone groups is 1. The third-order valence-corrected chi connectivity index (χ3v) is 4.26. The Hall–Kier alpha value is -0.420. The van der Waals surface area contributed by atoms with Crippen molar-refractivity contribution in [1.29, 1.82) is 0 Å². The van der Waals surface area contributed by atoms with Crippen molar-refractivity contribution in [2.45, 2.75) is 45.1 Å². The zero-order chi connectivity index (χ0) is 12.9. The molecule has 1 atom stereocenters. The summed E-state index contributed by atoms with van der Waals surface area (Å²) in [5.41, 5.74) is 0. The number of hydrogen-bond donors (Lipinski definition) is 0. The van der Waals surface area contributed by atoms with Gasteiger partial charge in [0.15, 0.2) is 0 Å². The second kappa shape index (κ2) is 6.50. The van der Waals surface area contributed by atoms with Gasteiger partial charge in [0.1, 0.15) is 15.6 Å². The standard InChI is InChI=1S/C12H23NO3S/c1-11(14)10-12-6-3-4-7-13(12)8-5-9-17(2,15)16/h12H,3-10H2,1-2H3. The maximum Gasteiger partial charge on any atom is 0.147 e. The molecule has 17 heavy (non-hydrogen) atoms. The summed E-state index contributed by atoms with van der Waals surface area (Å²) >= 11 is 0. The zero-order valence-corrected chi connectivity index (χ0v) is 11.6. The molecule has 0 aromatic rings. The van der Waals surface area contributed by atoms with Crippen molar-refractivity contribution in [2.24, 2.45) is 0 Å². The van der Waals surface area contributed by atoms with E-state index in [1.165, 1.54) is 12.7 Å². The highest BCUT2D eigenvalue weighted by Crippen LogP contribution is 2.20. The first-order valence-corrected chi connectivity index (χ1v) is 8.36. The molecule has 4 nitrogen and oxygen atoms in total. The maximum absolute atomic E-state index is 11.2.